The van der Waals surface area contributed by atoms with Crippen molar-refractivity contribution in [2.45, 2.75) is 26.3 Å². The van der Waals surface area contributed by atoms with Gasteiger partial charge in [0.25, 0.3) is 0 Å². The van der Waals surface area contributed by atoms with Gasteiger partial charge in [-0.25, -0.2) is 4.98 Å². The summed E-state index contributed by atoms with van der Waals surface area (Å²) in [7, 11) is 1.97. The third kappa shape index (κ3) is 2.79. The van der Waals surface area contributed by atoms with Crippen molar-refractivity contribution in [3.8, 4) is 11.3 Å². The first-order valence-electron chi connectivity index (χ1n) is 6.52. The highest BCUT2D eigenvalue weighted by atomic mass is 15.1. The molecule has 0 amide bonds. The summed E-state index contributed by atoms with van der Waals surface area (Å²) in [5.41, 5.74) is 3.59. The van der Waals surface area contributed by atoms with E-state index in [0.29, 0.717) is 6.04 Å². The highest BCUT2D eigenvalue weighted by Crippen LogP contribution is 2.19. The molecule has 1 heterocycles. The first kappa shape index (κ1) is 12.8. The largest absolute Gasteiger partial charge is 0.333 e. The molecule has 1 N–H and O–H groups in total. The lowest BCUT2D eigenvalue weighted by molar-refractivity contribution is 0.517. The van der Waals surface area contributed by atoms with Crippen molar-refractivity contribution in [1.29, 1.82) is 0 Å². The van der Waals surface area contributed by atoms with Crippen molar-refractivity contribution in [3.63, 3.8) is 0 Å². The van der Waals surface area contributed by atoms with E-state index in [4.69, 9.17) is 0 Å². The molecule has 3 heteroatoms. The van der Waals surface area contributed by atoms with Crippen LogP contribution in [-0.2, 0) is 6.42 Å². The summed E-state index contributed by atoms with van der Waals surface area (Å²) >= 11 is 0. The zero-order valence-electron chi connectivity index (χ0n) is 11.4. The topological polar surface area (TPSA) is 29.9 Å². The van der Waals surface area contributed by atoms with Crippen molar-refractivity contribution < 1.29 is 0 Å². The van der Waals surface area contributed by atoms with Crippen molar-refractivity contribution in [2.75, 3.05) is 13.6 Å². The summed E-state index contributed by atoms with van der Waals surface area (Å²) in [6, 6.07) is 9.06. The lowest BCUT2D eigenvalue weighted by atomic mass is 10.1. The molecule has 0 bridgehead atoms. The summed E-state index contributed by atoms with van der Waals surface area (Å²) in [4.78, 5) is 4.48. The number of rotatable bonds is 5. The van der Waals surface area contributed by atoms with E-state index in [1.165, 1.54) is 11.1 Å². The van der Waals surface area contributed by atoms with Crippen LogP contribution in [0.25, 0.3) is 11.3 Å². The molecule has 2 rings (SSSR count). The molecule has 0 fully saturated rings. The fourth-order valence-electron chi connectivity index (χ4n) is 2.04. The summed E-state index contributed by atoms with van der Waals surface area (Å²) in [6.45, 7) is 5.30. The molecule has 0 radical (unpaired) electrons. The summed E-state index contributed by atoms with van der Waals surface area (Å²) in [5, 5.41) is 3.18. The Morgan fingerprint density at radius 1 is 1.28 bits per heavy atom. The van der Waals surface area contributed by atoms with Gasteiger partial charge in [0, 0.05) is 24.3 Å². The second-order valence-electron chi connectivity index (χ2n) is 4.66. The Morgan fingerprint density at radius 3 is 2.61 bits per heavy atom. The van der Waals surface area contributed by atoms with E-state index in [2.05, 4.69) is 59.2 Å². The Bertz CT molecular complexity index is 485. The maximum Gasteiger partial charge on any atom is 0.0956 e. The van der Waals surface area contributed by atoms with Gasteiger partial charge in [0.05, 0.1) is 12.0 Å². The maximum absolute atomic E-state index is 4.48. The molecule has 1 aromatic heterocycles. The van der Waals surface area contributed by atoms with E-state index < -0.39 is 0 Å². The molecule has 0 saturated carbocycles. The number of aryl methyl sites for hydroxylation is 1. The Hall–Kier alpha value is -1.61. The van der Waals surface area contributed by atoms with Crippen LogP contribution in [0.15, 0.2) is 36.8 Å². The molecule has 1 atom stereocenters. The van der Waals surface area contributed by atoms with Gasteiger partial charge in [0.1, 0.15) is 0 Å². The summed E-state index contributed by atoms with van der Waals surface area (Å²) in [5.74, 6) is 0. The number of nitrogens with zero attached hydrogens (tertiary/aromatic N) is 2. The molecule has 1 unspecified atom stereocenters. The Labute approximate surface area is 109 Å². The molecule has 0 saturated heterocycles. The second kappa shape index (κ2) is 5.83. The lowest BCUT2D eigenvalue weighted by Gasteiger charge is -2.11. The van der Waals surface area contributed by atoms with Crippen LogP contribution in [0.1, 0.15) is 25.5 Å². The zero-order valence-corrected chi connectivity index (χ0v) is 11.4. The van der Waals surface area contributed by atoms with E-state index in [9.17, 15) is 0 Å². The van der Waals surface area contributed by atoms with Crippen LogP contribution in [0.3, 0.4) is 0 Å². The van der Waals surface area contributed by atoms with Crippen LogP contribution in [-0.4, -0.2) is 23.1 Å². The third-order valence-corrected chi connectivity index (χ3v) is 3.27. The van der Waals surface area contributed by atoms with Crippen molar-refractivity contribution >= 4 is 0 Å². The fourth-order valence-corrected chi connectivity index (χ4v) is 2.04. The average molecular weight is 243 g/mol. The summed E-state index contributed by atoms with van der Waals surface area (Å²) in [6.07, 6.45) is 5.10. The quantitative estimate of drug-likeness (QED) is 0.875. The molecule has 2 aromatic rings. The monoisotopic (exact) mass is 243 g/mol. The summed E-state index contributed by atoms with van der Waals surface area (Å²) < 4.78 is 2.15. The van der Waals surface area contributed by atoms with E-state index in [-0.39, 0.29) is 0 Å². The van der Waals surface area contributed by atoms with E-state index in [1.807, 2.05) is 13.4 Å². The molecular weight excluding hydrogens is 222 g/mol. The van der Waals surface area contributed by atoms with Crippen LogP contribution in [0.4, 0.5) is 0 Å². The lowest BCUT2D eigenvalue weighted by Crippen LogP contribution is -2.18. The van der Waals surface area contributed by atoms with Crippen molar-refractivity contribution in [1.82, 2.24) is 14.9 Å². The normalized spacial score (nSPS) is 12.6. The number of imidazole rings is 1. The van der Waals surface area contributed by atoms with Gasteiger partial charge < -0.3 is 9.88 Å². The first-order chi connectivity index (χ1) is 8.74. The minimum absolute atomic E-state index is 0.422. The van der Waals surface area contributed by atoms with Gasteiger partial charge >= 0.3 is 0 Å². The van der Waals surface area contributed by atoms with Gasteiger partial charge in [-0.2, -0.15) is 0 Å². The third-order valence-electron chi connectivity index (χ3n) is 3.27. The van der Waals surface area contributed by atoms with Crippen molar-refractivity contribution in [2.24, 2.45) is 0 Å². The number of hydrogen-bond donors (Lipinski definition) is 1. The highest BCUT2D eigenvalue weighted by molar-refractivity contribution is 5.58. The fraction of sp³-hybridized carbons (Fsp3) is 0.400. The molecule has 1 aromatic carbocycles. The van der Waals surface area contributed by atoms with Crippen LogP contribution < -0.4 is 5.32 Å². The van der Waals surface area contributed by atoms with E-state index in [1.54, 1.807) is 0 Å². The molecule has 0 aliphatic rings. The van der Waals surface area contributed by atoms with E-state index in [0.717, 1.165) is 18.7 Å². The average Bonchev–Trinajstić information content (AvgIpc) is 2.89. The molecule has 18 heavy (non-hydrogen) atoms. The van der Waals surface area contributed by atoms with Gasteiger partial charge in [-0.15, -0.1) is 0 Å². The van der Waals surface area contributed by atoms with Gasteiger partial charge in [0.15, 0.2) is 0 Å². The minimum Gasteiger partial charge on any atom is -0.333 e. The van der Waals surface area contributed by atoms with E-state index >= 15 is 0 Å². The Kier molecular flexibility index (Phi) is 4.15. The number of benzene rings is 1. The van der Waals surface area contributed by atoms with Gasteiger partial charge in [-0.3, -0.25) is 0 Å². The number of likely N-dealkylation sites (N-methyl/N-ethyl adjacent to an activating group) is 1. The van der Waals surface area contributed by atoms with Gasteiger partial charge in [-0.1, -0.05) is 31.2 Å². The molecule has 96 valence electrons. The minimum atomic E-state index is 0.422. The van der Waals surface area contributed by atoms with Crippen LogP contribution in [0, 0.1) is 0 Å². The number of aromatic nitrogens is 2. The number of hydrogen-bond acceptors (Lipinski definition) is 2. The van der Waals surface area contributed by atoms with Crippen LogP contribution in [0.5, 0.6) is 0 Å². The predicted octanol–water partition coefficient (Wildman–Crippen LogP) is 2.89. The first-order valence-corrected chi connectivity index (χ1v) is 6.52. The molecule has 3 nitrogen and oxygen atoms in total. The Morgan fingerprint density at radius 2 is 2.00 bits per heavy atom. The Balaban J connectivity index is 2.18. The highest BCUT2D eigenvalue weighted by Gasteiger charge is 2.06. The zero-order chi connectivity index (χ0) is 13.0. The molecule has 0 aliphatic heterocycles. The van der Waals surface area contributed by atoms with Gasteiger partial charge in [0.2, 0.25) is 0 Å². The standard InChI is InChI=1S/C15H21N3/c1-4-13-5-7-14(8-6-13)15-10-18(11-17-15)12(2)9-16-3/h5-8,10-12,16H,4,9H2,1-3H3. The second-order valence-corrected chi connectivity index (χ2v) is 4.66. The van der Waals surface area contributed by atoms with Crippen LogP contribution in [0.2, 0.25) is 0 Å². The number of nitrogens with one attached hydrogen (secondary N) is 1. The SMILES string of the molecule is CCc1ccc(-c2cn(C(C)CNC)cn2)cc1. The molecular formula is C15H21N3. The maximum atomic E-state index is 4.48. The smallest absolute Gasteiger partial charge is 0.0956 e. The van der Waals surface area contributed by atoms with Gasteiger partial charge in [-0.05, 0) is 26.0 Å². The van der Waals surface area contributed by atoms with Crippen molar-refractivity contribution in [3.05, 3.63) is 42.4 Å². The molecule has 0 spiro atoms. The predicted molar refractivity (Wildman–Crippen MR) is 75.7 cm³/mol. The van der Waals surface area contributed by atoms with Crippen LogP contribution >= 0.6 is 0 Å². The molecule has 0 aliphatic carbocycles.